The molecular weight excluding hydrogens is 318 g/mol. The molecule has 0 unspecified atom stereocenters. The molecule has 116 valence electrons. The summed E-state index contributed by atoms with van der Waals surface area (Å²) in [5.74, 6) is 0. The van der Waals surface area contributed by atoms with E-state index in [1.807, 2.05) is 0 Å². The predicted octanol–water partition coefficient (Wildman–Crippen LogP) is 3.56. The van der Waals surface area contributed by atoms with Crippen molar-refractivity contribution in [2.45, 2.75) is 110 Å². The second-order valence-electron chi connectivity index (χ2n) is 5.91. The van der Waals surface area contributed by atoms with Crippen molar-refractivity contribution in [1.29, 1.82) is 0 Å². The fourth-order valence-corrected chi connectivity index (χ4v) is 2.60. The quantitative estimate of drug-likeness (QED) is 0.306. The standard InChI is InChI=1S/C18H36O.Rb.H/c1-2-3-4-5-6-7-8-9-10-11-12-13-14-15-16-17-18-19;;/h18H,2-17H2,1H3;;/q;+1;-1. The third-order valence-electron chi connectivity index (χ3n) is 3.93. The minimum atomic E-state index is 0. The van der Waals surface area contributed by atoms with Crippen LogP contribution in [0, 0.1) is 0 Å². The Balaban J connectivity index is -0.00000162. The second kappa shape index (κ2) is 22.8. The van der Waals surface area contributed by atoms with E-state index in [1.165, 1.54) is 89.9 Å². The molecule has 20 heavy (non-hydrogen) atoms. The number of unbranched alkanes of at least 4 members (excludes halogenated alkanes) is 15. The Morgan fingerprint density at radius 3 is 1.20 bits per heavy atom. The minimum absolute atomic E-state index is 0. The van der Waals surface area contributed by atoms with Crippen LogP contribution in [0.3, 0.4) is 0 Å². The summed E-state index contributed by atoms with van der Waals surface area (Å²) in [5, 5.41) is 0. The molecule has 0 bridgehead atoms. The molecule has 0 aliphatic carbocycles. The van der Waals surface area contributed by atoms with Gasteiger partial charge in [-0.05, 0) is 6.42 Å². The van der Waals surface area contributed by atoms with E-state index in [1.54, 1.807) is 0 Å². The van der Waals surface area contributed by atoms with Gasteiger partial charge in [0.15, 0.2) is 0 Å². The van der Waals surface area contributed by atoms with Crippen molar-refractivity contribution in [1.82, 2.24) is 0 Å². The molecule has 0 spiro atoms. The minimum Gasteiger partial charge on any atom is -1.00 e. The van der Waals surface area contributed by atoms with E-state index in [4.69, 9.17) is 0 Å². The third-order valence-corrected chi connectivity index (χ3v) is 3.93. The van der Waals surface area contributed by atoms with E-state index in [0.29, 0.717) is 0 Å². The molecule has 0 heterocycles. The van der Waals surface area contributed by atoms with Crippen LogP contribution in [-0.2, 0) is 4.79 Å². The van der Waals surface area contributed by atoms with E-state index in [2.05, 4.69) is 6.92 Å². The molecule has 1 nitrogen and oxygen atoms in total. The second-order valence-corrected chi connectivity index (χ2v) is 5.91. The fourth-order valence-electron chi connectivity index (χ4n) is 2.60. The topological polar surface area (TPSA) is 17.1 Å². The first-order chi connectivity index (χ1) is 9.41. The Morgan fingerprint density at radius 2 is 0.900 bits per heavy atom. The van der Waals surface area contributed by atoms with E-state index < -0.39 is 0 Å². The number of carbonyl (C=O) groups excluding carboxylic acids is 1. The average molecular weight is 355 g/mol. The monoisotopic (exact) mass is 354 g/mol. The zero-order valence-corrected chi connectivity index (χ0v) is 19.2. The number of carbonyl (C=O) groups is 1. The molecule has 0 amide bonds. The number of aldehydes is 1. The van der Waals surface area contributed by atoms with E-state index in [0.717, 1.165) is 19.1 Å². The Bertz CT molecular complexity index is 177. The summed E-state index contributed by atoms with van der Waals surface area (Å²) >= 11 is 0. The van der Waals surface area contributed by atoms with Crippen molar-refractivity contribution in [2.24, 2.45) is 0 Å². The van der Waals surface area contributed by atoms with Crippen LogP contribution in [0.15, 0.2) is 0 Å². The predicted molar refractivity (Wildman–Crippen MR) is 86.7 cm³/mol. The molecule has 0 N–H and O–H groups in total. The van der Waals surface area contributed by atoms with Crippen molar-refractivity contribution >= 4 is 6.29 Å². The third kappa shape index (κ3) is 21.8. The first kappa shape index (κ1) is 23.7. The zero-order chi connectivity index (χ0) is 14.0. The molecule has 0 fully saturated rings. The van der Waals surface area contributed by atoms with Gasteiger partial charge in [-0.1, -0.05) is 96.8 Å². The van der Waals surface area contributed by atoms with Gasteiger partial charge in [0.25, 0.3) is 0 Å². The Kier molecular flexibility index (Phi) is 27.0. The maximum atomic E-state index is 10.1. The van der Waals surface area contributed by atoms with Crippen LogP contribution in [0.5, 0.6) is 0 Å². The van der Waals surface area contributed by atoms with E-state index in [9.17, 15) is 4.79 Å². The fraction of sp³-hybridized carbons (Fsp3) is 0.944. The molecule has 2 heteroatoms. The summed E-state index contributed by atoms with van der Waals surface area (Å²) in [6.45, 7) is 2.28. The summed E-state index contributed by atoms with van der Waals surface area (Å²) in [6.07, 6.45) is 22.6. The van der Waals surface area contributed by atoms with Crippen LogP contribution in [0.4, 0.5) is 0 Å². The zero-order valence-electron chi connectivity index (χ0n) is 15.3. The van der Waals surface area contributed by atoms with Crippen molar-refractivity contribution < 1.29 is 64.4 Å². The molecule has 0 saturated heterocycles. The summed E-state index contributed by atoms with van der Waals surface area (Å²) in [7, 11) is 0. The van der Waals surface area contributed by atoms with Gasteiger partial charge in [0.05, 0.1) is 0 Å². The SMILES string of the molecule is CCCCCCCCCCCCCCCCCC=O.[H-].[Rb+]. The molecule has 0 radical (unpaired) electrons. The van der Waals surface area contributed by atoms with Crippen molar-refractivity contribution in [2.75, 3.05) is 0 Å². The summed E-state index contributed by atoms with van der Waals surface area (Å²) < 4.78 is 0. The first-order valence-corrected chi connectivity index (χ1v) is 8.85. The largest absolute Gasteiger partial charge is 1.00 e. The summed E-state index contributed by atoms with van der Waals surface area (Å²) in [5.41, 5.74) is 0. The molecule has 0 aliphatic rings. The molecule has 0 aromatic heterocycles. The average Bonchev–Trinajstić information content (AvgIpc) is 2.43. The van der Waals surface area contributed by atoms with Crippen LogP contribution in [-0.4, -0.2) is 6.29 Å². The Hall–Kier alpha value is 1.48. The summed E-state index contributed by atoms with van der Waals surface area (Å²) in [4.78, 5) is 10.1. The van der Waals surface area contributed by atoms with Crippen LogP contribution in [0.2, 0.25) is 0 Å². The number of hydrogen-bond donors (Lipinski definition) is 0. The molecule has 0 saturated carbocycles. The Morgan fingerprint density at radius 1 is 0.600 bits per heavy atom. The number of rotatable bonds is 16. The van der Waals surface area contributed by atoms with Gasteiger partial charge in [0.1, 0.15) is 6.29 Å². The Labute approximate surface area is 178 Å². The van der Waals surface area contributed by atoms with Gasteiger partial charge < -0.3 is 6.22 Å². The van der Waals surface area contributed by atoms with Gasteiger partial charge in [0, 0.05) is 6.42 Å². The van der Waals surface area contributed by atoms with Crippen molar-refractivity contribution in [3.8, 4) is 0 Å². The molecular formula is C18H37ORb. The van der Waals surface area contributed by atoms with Crippen LogP contribution in [0.25, 0.3) is 0 Å². The maximum absolute atomic E-state index is 10.1. The van der Waals surface area contributed by atoms with Gasteiger partial charge in [0.2, 0.25) is 0 Å². The molecule has 0 rings (SSSR count). The molecule has 0 aliphatic heterocycles. The maximum Gasteiger partial charge on any atom is 1.00 e. The van der Waals surface area contributed by atoms with Gasteiger partial charge in [-0.3, -0.25) is 0 Å². The van der Waals surface area contributed by atoms with E-state index >= 15 is 0 Å². The molecule has 0 aromatic carbocycles. The van der Waals surface area contributed by atoms with Crippen LogP contribution >= 0.6 is 0 Å². The molecule has 0 aromatic rings. The summed E-state index contributed by atoms with van der Waals surface area (Å²) in [6, 6.07) is 0. The van der Waals surface area contributed by atoms with Gasteiger partial charge >= 0.3 is 58.2 Å². The van der Waals surface area contributed by atoms with Crippen LogP contribution < -0.4 is 58.2 Å². The molecule has 0 atom stereocenters. The first-order valence-electron chi connectivity index (χ1n) is 8.85. The van der Waals surface area contributed by atoms with E-state index in [-0.39, 0.29) is 59.6 Å². The number of hydrogen-bond acceptors (Lipinski definition) is 1. The van der Waals surface area contributed by atoms with Gasteiger partial charge in [-0.2, -0.15) is 0 Å². The smallest absolute Gasteiger partial charge is 1.00 e. The normalized spacial score (nSPS) is 10.2. The van der Waals surface area contributed by atoms with Gasteiger partial charge in [-0.25, -0.2) is 0 Å². The van der Waals surface area contributed by atoms with Gasteiger partial charge in [-0.15, -0.1) is 0 Å². The van der Waals surface area contributed by atoms with Crippen LogP contribution in [0.1, 0.15) is 111 Å². The van der Waals surface area contributed by atoms with Crippen molar-refractivity contribution in [3.05, 3.63) is 0 Å². The van der Waals surface area contributed by atoms with Crippen molar-refractivity contribution in [3.63, 3.8) is 0 Å².